The van der Waals surface area contributed by atoms with Crippen LogP contribution in [0.4, 0.5) is 11.8 Å². The van der Waals surface area contributed by atoms with Crippen LogP contribution in [0.2, 0.25) is 0 Å². The summed E-state index contributed by atoms with van der Waals surface area (Å²) in [5.74, 6) is 3.66. The molecule has 0 amide bonds. The van der Waals surface area contributed by atoms with Gasteiger partial charge in [0.2, 0.25) is 5.95 Å². The van der Waals surface area contributed by atoms with Crippen molar-refractivity contribution in [2.24, 2.45) is 17.8 Å². The minimum absolute atomic E-state index is 0.0776. The topological polar surface area (TPSA) is 61.5 Å². The lowest BCUT2D eigenvalue weighted by atomic mass is 10.0. The average molecular weight is 380 g/mol. The van der Waals surface area contributed by atoms with E-state index >= 15 is 0 Å². The summed E-state index contributed by atoms with van der Waals surface area (Å²) in [6, 6.07) is 12.7. The Kier molecular flexibility index (Phi) is 4.38. The molecular weight excluding hydrogens is 352 g/mol. The average Bonchev–Trinajstić information content (AvgIpc) is 3.16. The molecule has 2 aliphatic heterocycles. The first kappa shape index (κ1) is 17.7. The highest BCUT2D eigenvalue weighted by Crippen LogP contribution is 2.56. The predicted octanol–water partition coefficient (Wildman–Crippen LogP) is 2.31. The molecule has 1 N–H and O–H groups in total. The van der Waals surface area contributed by atoms with Crippen LogP contribution in [0.5, 0.6) is 0 Å². The Bertz CT molecular complexity index is 899. The summed E-state index contributed by atoms with van der Waals surface area (Å²) in [5.41, 5.74) is 1.27. The number of anilines is 2. The number of nitrogens with one attached hydrogen (secondary N) is 1. The molecule has 6 heteroatoms. The number of rotatable bonds is 4. The number of hydrogen-bond donors (Lipinski definition) is 1. The Balaban J connectivity index is 1.43. The van der Waals surface area contributed by atoms with Gasteiger partial charge in [0.15, 0.2) is 0 Å². The maximum absolute atomic E-state index is 12.4. The maximum atomic E-state index is 12.4. The van der Waals surface area contributed by atoms with Gasteiger partial charge in [0, 0.05) is 31.7 Å². The summed E-state index contributed by atoms with van der Waals surface area (Å²) in [4.78, 5) is 24.8. The summed E-state index contributed by atoms with van der Waals surface area (Å²) in [6.07, 6.45) is 1.15. The van der Waals surface area contributed by atoms with E-state index in [1.54, 1.807) is 6.07 Å². The Labute approximate surface area is 165 Å². The molecule has 0 bridgehead atoms. The molecule has 0 spiro atoms. The van der Waals surface area contributed by atoms with Gasteiger partial charge in [0.25, 0.3) is 5.56 Å². The van der Waals surface area contributed by atoms with Gasteiger partial charge in [-0.05, 0) is 36.7 Å². The van der Waals surface area contributed by atoms with Crippen molar-refractivity contribution in [2.75, 3.05) is 36.0 Å². The fourth-order valence-electron chi connectivity index (χ4n) is 5.18. The normalized spacial score (nSPS) is 31.7. The second-order valence-electron chi connectivity index (χ2n) is 8.56. The summed E-state index contributed by atoms with van der Waals surface area (Å²) in [5, 5.41) is 0. The van der Waals surface area contributed by atoms with Crippen molar-refractivity contribution in [1.29, 1.82) is 0 Å². The van der Waals surface area contributed by atoms with Crippen molar-refractivity contribution >= 4 is 11.8 Å². The molecular formula is C22H28N4O2. The van der Waals surface area contributed by atoms with E-state index in [1.807, 2.05) is 0 Å². The van der Waals surface area contributed by atoms with Crippen molar-refractivity contribution in [2.45, 2.75) is 32.4 Å². The summed E-state index contributed by atoms with van der Waals surface area (Å²) in [6.45, 7) is 7.61. The first-order valence-corrected chi connectivity index (χ1v) is 10.4. The van der Waals surface area contributed by atoms with Crippen LogP contribution in [-0.4, -0.2) is 48.4 Å². The van der Waals surface area contributed by atoms with E-state index in [-0.39, 0.29) is 11.7 Å². The molecule has 28 heavy (non-hydrogen) atoms. The van der Waals surface area contributed by atoms with Crippen LogP contribution in [0, 0.1) is 17.8 Å². The third kappa shape index (κ3) is 3.20. The molecule has 1 aromatic carbocycles. The van der Waals surface area contributed by atoms with Gasteiger partial charge in [-0.1, -0.05) is 37.3 Å². The zero-order valence-corrected chi connectivity index (χ0v) is 16.5. The molecule has 0 radical (unpaired) electrons. The fraction of sp³-hybridized carbons (Fsp3) is 0.545. The molecule has 5 atom stereocenters. The van der Waals surface area contributed by atoms with Crippen molar-refractivity contribution in [3.8, 4) is 0 Å². The van der Waals surface area contributed by atoms with Crippen molar-refractivity contribution < 1.29 is 4.74 Å². The van der Waals surface area contributed by atoms with Gasteiger partial charge in [-0.25, -0.2) is 0 Å². The lowest BCUT2D eigenvalue weighted by Crippen LogP contribution is -2.43. The van der Waals surface area contributed by atoms with Crippen LogP contribution in [0.1, 0.15) is 19.4 Å². The summed E-state index contributed by atoms with van der Waals surface area (Å²) in [7, 11) is 0. The van der Waals surface area contributed by atoms with Gasteiger partial charge in [0.05, 0.1) is 12.7 Å². The first-order chi connectivity index (χ1) is 13.6. The zero-order chi connectivity index (χ0) is 19.3. The second kappa shape index (κ2) is 6.92. The van der Waals surface area contributed by atoms with Crippen molar-refractivity contribution in [1.82, 2.24) is 9.97 Å². The van der Waals surface area contributed by atoms with Gasteiger partial charge in [0.1, 0.15) is 5.82 Å². The number of benzene rings is 1. The molecule has 3 fully saturated rings. The lowest BCUT2D eigenvalue weighted by Gasteiger charge is -2.33. The number of hydrogen-bond acceptors (Lipinski definition) is 5. The monoisotopic (exact) mass is 380 g/mol. The van der Waals surface area contributed by atoms with E-state index in [2.05, 4.69) is 59.0 Å². The van der Waals surface area contributed by atoms with Crippen LogP contribution >= 0.6 is 0 Å². The SMILES string of the molecule is C[C@@H]1[C@@H]2CN(c3nc(N4CCO[C@H](C)C4)cc(=O)[nH]3)[C@H](Cc3ccccc3)[C@H]12. The molecule has 3 heterocycles. The molecule has 1 aliphatic carbocycles. The number of aromatic nitrogens is 2. The Morgan fingerprint density at radius 3 is 2.82 bits per heavy atom. The summed E-state index contributed by atoms with van der Waals surface area (Å²) < 4.78 is 5.64. The highest BCUT2D eigenvalue weighted by Gasteiger charge is 2.59. The smallest absolute Gasteiger partial charge is 0.254 e. The molecule has 148 valence electrons. The van der Waals surface area contributed by atoms with Crippen molar-refractivity contribution in [3.63, 3.8) is 0 Å². The predicted molar refractivity (Wildman–Crippen MR) is 110 cm³/mol. The molecule has 3 aliphatic rings. The molecule has 2 aromatic rings. The highest BCUT2D eigenvalue weighted by atomic mass is 16.5. The van der Waals surface area contributed by atoms with Gasteiger partial charge < -0.3 is 14.5 Å². The van der Waals surface area contributed by atoms with Crippen LogP contribution in [-0.2, 0) is 11.2 Å². The van der Waals surface area contributed by atoms with E-state index in [1.165, 1.54) is 5.56 Å². The number of nitrogens with zero attached hydrogens (tertiary/aromatic N) is 3. The largest absolute Gasteiger partial charge is 0.375 e. The molecule has 1 saturated carbocycles. The number of H-pyrrole nitrogens is 1. The minimum Gasteiger partial charge on any atom is -0.375 e. The third-order valence-corrected chi connectivity index (χ3v) is 6.73. The van der Waals surface area contributed by atoms with E-state index in [9.17, 15) is 4.79 Å². The van der Waals surface area contributed by atoms with E-state index in [4.69, 9.17) is 9.72 Å². The van der Waals surface area contributed by atoms with Crippen LogP contribution in [0.25, 0.3) is 0 Å². The Morgan fingerprint density at radius 2 is 2.04 bits per heavy atom. The maximum Gasteiger partial charge on any atom is 0.254 e. The van der Waals surface area contributed by atoms with Gasteiger partial charge >= 0.3 is 0 Å². The van der Waals surface area contributed by atoms with Gasteiger partial charge in [-0.15, -0.1) is 0 Å². The quantitative estimate of drug-likeness (QED) is 0.882. The molecule has 1 aromatic heterocycles. The van der Waals surface area contributed by atoms with Gasteiger partial charge in [-0.3, -0.25) is 9.78 Å². The molecule has 6 nitrogen and oxygen atoms in total. The zero-order valence-electron chi connectivity index (χ0n) is 16.5. The minimum atomic E-state index is -0.0776. The Hall–Kier alpha value is -2.34. The van der Waals surface area contributed by atoms with E-state index < -0.39 is 0 Å². The fourth-order valence-corrected chi connectivity index (χ4v) is 5.18. The van der Waals surface area contributed by atoms with E-state index in [0.717, 1.165) is 43.7 Å². The Morgan fingerprint density at radius 1 is 1.21 bits per heavy atom. The molecule has 0 unspecified atom stereocenters. The standard InChI is InChI=1S/C22H28N4O2/c1-14-12-25(8-9-28-14)19-11-20(27)24-22(23-19)26-13-17-15(2)21(17)18(26)10-16-6-4-3-5-7-16/h3-7,11,14-15,17-18,21H,8-10,12-13H2,1-2H3,(H,23,24,27)/t14-,15-,17+,18-,21-/m1/s1. The lowest BCUT2D eigenvalue weighted by molar-refractivity contribution is 0.0529. The molecule has 2 saturated heterocycles. The van der Waals surface area contributed by atoms with Crippen LogP contribution in [0.3, 0.4) is 0 Å². The summed E-state index contributed by atoms with van der Waals surface area (Å²) >= 11 is 0. The number of aromatic amines is 1. The van der Waals surface area contributed by atoms with Gasteiger partial charge in [-0.2, -0.15) is 4.98 Å². The van der Waals surface area contributed by atoms with Crippen LogP contribution < -0.4 is 15.4 Å². The highest BCUT2D eigenvalue weighted by molar-refractivity contribution is 5.47. The molecule has 5 rings (SSSR count). The van der Waals surface area contributed by atoms with Crippen LogP contribution in [0.15, 0.2) is 41.2 Å². The number of piperidine rings is 1. The van der Waals surface area contributed by atoms with Crippen molar-refractivity contribution in [3.05, 3.63) is 52.3 Å². The van der Waals surface area contributed by atoms with E-state index in [0.29, 0.717) is 24.5 Å². The third-order valence-electron chi connectivity index (χ3n) is 6.73. The number of fused-ring (bicyclic) bond motifs is 1. The number of morpholine rings is 1. The first-order valence-electron chi connectivity index (χ1n) is 10.4. The second-order valence-corrected chi connectivity index (χ2v) is 8.56. The number of ether oxygens (including phenoxy) is 1.